The first-order valence-corrected chi connectivity index (χ1v) is 11.2. The topological polar surface area (TPSA) is 53.9 Å². The second-order valence-electron chi connectivity index (χ2n) is 7.62. The first-order chi connectivity index (χ1) is 13.0. The predicted molar refractivity (Wildman–Crippen MR) is 110 cm³/mol. The van der Waals surface area contributed by atoms with Crippen molar-refractivity contribution in [1.82, 2.24) is 10.2 Å². The van der Waals surface area contributed by atoms with Gasteiger partial charge in [0.1, 0.15) is 11.4 Å². The molecule has 2 N–H and O–H groups in total. The van der Waals surface area contributed by atoms with Gasteiger partial charge < -0.3 is 15.1 Å². The average Bonchev–Trinajstić information content (AvgIpc) is 3.31. The van der Waals surface area contributed by atoms with Crippen LogP contribution < -0.4 is 10.2 Å². The molecule has 2 amide bonds. The molecule has 5 nitrogen and oxygen atoms in total. The summed E-state index contributed by atoms with van der Waals surface area (Å²) in [5.41, 5.74) is 0.898. The Hall–Kier alpha value is -1.24. The number of benzene rings is 1. The zero-order chi connectivity index (χ0) is 19.4. The van der Waals surface area contributed by atoms with Crippen LogP contribution in [0.2, 0.25) is 5.02 Å². The number of carbonyl (C=O) groups excluding carboxylic acids is 2. The highest BCUT2D eigenvalue weighted by atomic mass is 35.5. The van der Waals surface area contributed by atoms with Crippen LogP contribution in [0.15, 0.2) is 24.3 Å². The summed E-state index contributed by atoms with van der Waals surface area (Å²) < 4.78 is 0. The van der Waals surface area contributed by atoms with Crippen LogP contribution in [0.25, 0.3) is 0 Å². The Morgan fingerprint density at radius 3 is 2.67 bits per heavy atom. The number of thioether (sulfide) groups is 1. The molecule has 27 heavy (non-hydrogen) atoms. The minimum absolute atomic E-state index is 0.00441. The molecule has 2 aliphatic rings. The van der Waals surface area contributed by atoms with Crippen LogP contribution in [0.5, 0.6) is 0 Å². The third kappa shape index (κ3) is 4.79. The zero-order valence-electron chi connectivity index (χ0n) is 16.0. The van der Waals surface area contributed by atoms with E-state index in [1.165, 1.54) is 25.9 Å². The number of hydrogen-bond donors (Lipinski definition) is 2. The molecule has 1 aromatic carbocycles. The Bertz CT molecular complexity index is 679. The zero-order valence-corrected chi connectivity index (χ0v) is 17.6. The lowest BCUT2D eigenvalue weighted by molar-refractivity contribution is -0.886. The number of likely N-dealkylation sites (tertiary alicyclic amines) is 1. The molecule has 3 rings (SSSR count). The highest BCUT2D eigenvalue weighted by Crippen LogP contribution is 2.44. The Morgan fingerprint density at radius 1 is 1.30 bits per heavy atom. The van der Waals surface area contributed by atoms with Crippen LogP contribution in [0, 0.1) is 5.92 Å². The van der Waals surface area contributed by atoms with E-state index in [0.29, 0.717) is 17.3 Å². The SMILES string of the molecule is CC(C)C(=O)N1[C@H](C(=O)NCC[NH+]2CCCC2)CS[C@H]1c1ccccc1Cl. The molecule has 0 aliphatic carbocycles. The summed E-state index contributed by atoms with van der Waals surface area (Å²) in [5, 5.41) is 3.48. The van der Waals surface area contributed by atoms with Gasteiger partial charge in [-0.3, -0.25) is 9.59 Å². The quantitative estimate of drug-likeness (QED) is 0.751. The van der Waals surface area contributed by atoms with E-state index in [0.717, 1.165) is 12.1 Å². The van der Waals surface area contributed by atoms with Crippen LogP contribution in [-0.4, -0.2) is 54.7 Å². The molecule has 2 atom stereocenters. The van der Waals surface area contributed by atoms with Crippen molar-refractivity contribution in [3.63, 3.8) is 0 Å². The largest absolute Gasteiger partial charge is 0.349 e. The van der Waals surface area contributed by atoms with Crippen molar-refractivity contribution in [3.8, 4) is 0 Å². The van der Waals surface area contributed by atoms with Crippen LogP contribution in [0.3, 0.4) is 0 Å². The average molecular weight is 411 g/mol. The van der Waals surface area contributed by atoms with Gasteiger partial charge in [0.15, 0.2) is 0 Å². The van der Waals surface area contributed by atoms with Gasteiger partial charge in [0.05, 0.1) is 26.2 Å². The maximum atomic E-state index is 12.9. The smallest absolute Gasteiger partial charge is 0.243 e. The van der Waals surface area contributed by atoms with E-state index in [-0.39, 0.29) is 23.1 Å². The maximum Gasteiger partial charge on any atom is 0.243 e. The molecular formula is C20H29ClN3O2S+. The van der Waals surface area contributed by atoms with Crippen molar-refractivity contribution in [1.29, 1.82) is 0 Å². The van der Waals surface area contributed by atoms with Crippen molar-refractivity contribution in [2.24, 2.45) is 5.92 Å². The fourth-order valence-electron chi connectivity index (χ4n) is 3.80. The second-order valence-corrected chi connectivity index (χ2v) is 9.14. The number of amides is 2. The second kappa shape index (κ2) is 9.30. The molecule has 148 valence electrons. The van der Waals surface area contributed by atoms with E-state index in [2.05, 4.69) is 5.32 Å². The Morgan fingerprint density at radius 2 is 2.00 bits per heavy atom. The molecule has 0 bridgehead atoms. The molecule has 0 radical (unpaired) electrons. The summed E-state index contributed by atoms with van der Waals surface area (Å²) in [7, 11) is 0. The highest BCUT2D eigenvalue weighted by Gasteiger charge is 2.43. The van der Waals surface area contributed by atoms with Crippen LogP contribution >= 0.6 is 23.4 Å². The van der Waals surface area contributed by atoms with E-state index >= 15 is 0 Å². The van der Waals surface area contributed by atoms with Crippen molar-refractivity contribution in [2.45, 2.75) is 38.1 Å². The molecule has 2 heterocycles. The molecule has 0 saturated carbocycles. The summed E-state index contributed by atoms with van der Waals surface area (Å²) in [6.45, 7) is 7.76. The molecule has 2 aliphatic heterocycles. The summed E-state index contributed by atoms with van der Waals surface area (Å²) in [6, 6.07) is 7.13. The van der Waals surface area contributed by atoms with Gasteiger partial charge in [0, 0.05) is 35.1 Å². The predicted octanol–water partition coefficient (Wildman–Crippen LogP) is 1.73. The molecule has 0 aromatic heterocycles. The number of halogens is 1. The minimum Gasteiger partial charge on any atom is -0.349 e. The van der Waals surface area contributed by atoms with Gasteiger partial charge in [0.2, 0.25) is 11.8 Å². The molecule has 2 fully saturated rings. The standard InChI is InChI=1S/C20H28ClN3O2S/c1-14(2)19(26)24-17(18(25)22-9-12-23-10-5-6-11-23)13-27-20(24)15-7-3-4-8-16(15)21/h3-4,7-8,14,17,20H,5-6,9-13H2,1-2H3,(H,22,25)/p+1/t17-,20-/m0/s1. The molecule has 1 aromatic rings. The third-order valence-electron chi connectivity index (χ3n) is 5.31. The monoisotopic (exact) mass is 410 g/mol. The first kappa shape index (κ1) is 20.5. The third-order valence-corrected chi connectivity index (χ3v) is 6.96. The van der Waals surface area contributed by atoms with Crippen molar-refractivity contribution in [3.05, 3.63) is 34.9 Å². The molecule has 0 spiro atoms. The Balaban J connectivity index is 1.70. The lowest BCUT2D eigenvalue weighted by Gasteiger charge is -2.31. The van der Waals surface area contributed by atoms with Crippen LogP contribution in [0.4, 0.5) is 0 Å². The molecule has 7 heteroatoms. The number of quaternary nitrogens is 1. The lowest BCUT2D eigenvalue weighted by atomic mass is 10.1. The number of nitrogens with zero attached hydrogens (tertiary/aromatic N) is 1. The molecule has 2 saturated heterocycles. The lowest BCUT2D eigenvalue weighted by Crippen LogP contribution is -3.10. The Kier molecular flexibility index (Phi) is 7.06. The van der Waals surface area contributed by atoms with Crippen LogP contribution in [0.1, 0.15) is 37.6 Å². The molecule has 0 unspecified atom stereocenters. The maximum absolute atomic E-state index is 12.9. The van der Waals surface area contributed by atoms with Gasteiger partial charge in [-0.05, 0) is 6.07 Å². The highest BCUT2D eigenvalue weighted by molar-refractivity contribution is 7.99. The number of hydrogen-bond acceptors (Lipinski definition) is 3. The van der Waals surface area contributed by atoms with Gasteiger partial charge in [0.25, 0.3) is 0 Å². The van der Waals surface area contributed by atoms with E-state index in [9.17, 15) is 9.59 Å². The normalized spacial score (nSPS) is 23.2. The van der Waals surface area contributed by atoms with Gasteiger partial charge in [-0.2, -0.15) is 0 Å². The van der Waals surface area contributed by atoms with E-state index < -0.39 is 6.04 Å². The fraction of sp³-hybridized carbons (Fsp3) is 0.600. The van der Waals surface area contributed by atoms with Crippen molar-refractivity contribution < 1.29 is 14.5 Å². The summed E-state index contributed by atoms with van der Waals surface area (Å²) in [4.78, 5) is 29.1. The van der Waals surface area contributed by atoms with E-state index in [1.54, 1.807) is 21.6 Å². The fourth-order valence-corrected chi connectivity index (χ4v) is 5.57. The first-order valence-electron chi connectivity index (χ1n) is 9.78. The van der Waals surface area contributed by atoms with E-state index in [1.807, 2.05) is 38.1 Å². The number of nitrogens with one attached hydrogen (secondary N) is 2. The number of rotatable bonds is 6. The van der Waals surface area contributed by atoms with Gasteiger partial charge in [-0.25, -0.2) is 0 Å². The number of carbonyl (C=O) groups is 2. The Labute approximate surface area is 170 Å². The van der Waals surface area contributed by atoms with Gasteiger partial charge in [-0.1, -0.05) is 43.6 Å². The van der Waals surface area contributed by atoms with E-state index in [4.69, 9.17) is 11.6 Å². The summed E-state index contributed by atoms with van der Waals surface area (Å²) in [6.07, 6.45) is 2.55. The molecular weight excluding hydrogens is 382 g/mol. The van der Waals surface area contributed by atoms with Gasteiger partial charge in [-0.15, -0.1) is 11.8 Å². The minimum atomic E-state index is -0.445. The van der Waals surface area contributed by atoms with Crippen molar-refractivity contribution >= 4 is 35.2 Å². The summed E-state index contributed by atoms with van der Waals surface area (Å²) >= 11 is 8.00. The van der Waals surface area contributed by atoms with Crippen molar-refractivity contribution in [2.75, 3.05) is 31.9 Å². The van der Waals surface area contributed by atoms with Gasteiger partial charge >= 0.3 is 0 Å². The van der Waals surface area contributed by atoms with Crippen LogP contribution in [-0.2, 0) is 9.59 Å². The summed E-state index contributed by atoms with van der Waals surface area (Å²) in [5.74, 6) is 0.370.